The van der Waals surface area contributed by atoms with E-state index in [2.05, 4.69) is 24.4 Å². The van der Waals surface area contributed by atoms with E-state index in [1.807, 2.05) is 24.3 Å². The predicted molar refractivity (Wildman–Crippen MR) is 83.1 cm³/mol. The molecule has 1 aliphatic carbocycles. The van der Waals surface area contributed by atoms with Gasteiger partial charge in [0, 0.05) is 25.8 Å². The second-order valence-corrected chi connectivity index (χ2v) is 5.18. The van der Waals surface area contributed by atoms with Gasteiger partial charge in [-0.3, -0.25) is 0 Å². The zero-order valence-electron chi connectivity index (χ0n) is 12.6. The second-order valence-electron chi connectivity index (χ2n) is 5.18. The fourth-order valence-corrected chi connectivity index (χ4v) is 2.31. The van der Waals surface area contributed by atoms with E-state index in [1.165, 1.54) is 5.57 Å². The van der Waals surface area contributed by atoms with Crippen molar-refractivity contribution in [2.24, 2.45) is 0 Å². The highest BCUT2D eigenvalue weighted by molar-refractivity contribution is 5.34. The maximum absolute atomic E-state index is 10.1. The molecule has 4 nitrogen and oxygen atoms in total. The third-order valence-electron chi connectivity index (χ3n) is 3.46. The molecule has 0 radical (unpaired) electrons. The molecule has 114 valence electrons. The predicted octanol–water partition coefficient (Wildman–Crippen LogP) is 2.40. The largest absolute Gasteiger partial charge is 0.467 e. The quantitative estimate of drug-likeness (QED) is 0.722. The summed E-state index contributed by atoms with van der Waals surface area (Å²) in [7, 11) is 1.60. The molecule has 21 heavy (non-hydrogen) atoms. The van der Waals surface area contributed by atoms with Gasteiger partial charge in [0.25, 0.3) is 0 Å². The SMILES string of the molecule is COCOc1ccccc1CNCC(O)C1=CC(C)=CC1. The Morgan fingerprint density at radius 1 is 1.33 bits per heavy atom. The molecule has 0 saturated heterocycles. The molecule has 1 aromatic rings. The number of benzene rings is 1. The van der Waals surface area contributed by atoms with E-state index in [4.69, 9.17) is 9.47 Å². The van der Waals surface area contributed by atoms with Gasteiger partial charge in [-0.2, -0.15) is 0 Å². The summed E-state index contributed by atoms with van der Waals surface area (Å²) < 4.78 is 10.4. The molecule has 0 aromatic heterocycles. The number of aliphatic hydroxyl groups is 1. The Balaban J connectivity index is 1.82. The summed E-state index contributed by atoms with van der Waals surface area (Å²) in [5.74, 6) is 0.805. The molecule has 0 heterocycles. The highest BCUT2D eigenvalue weighted by Crippen LogP contribution is 2.20. The molecular weight excluding hydrogens is 266 g/mol. The Labute approximate surface area is 126 Å². The second kappa shape index (κ2) is 7.98. The van der Waals surface area contributed by atoms with Crippen LogP contribution in [0.3, 0.4) is 0 Å². The number of hydrogen-bond acceptors (Lipinski definition) is 4. The van der Waals surface area contributed by atoms with E-state index in [0.717, 1.165) is 23.3 Å². The Kier molecular flexibility index (Phi) is 5.99. The maximum atomic E-state index is 10.1. The van der Waals surface area contributed by atoms with Gasteiger partial charge in [0.1, 0.15) is 5.75 Å². The normalized spacial score (nSPS) is 15.6. The molecule has 0 fully saturated rings. The van der Waals surface area contributed by atoms with Crippen LogP contribution in [0.15, 0.2) is 47.6 Å². The molecule has 0 saturated carbocycles. The highest BCUT2D eigenvalue weighted by atomic mass is 16.7. The van der Waals surface area contributed by atoms with Crippen molar-refractivity contribution < 1.29 is 14.6 Å². The fraction of sp³-hybridized carbons (Fsp3) is 0.412. The number of methoxy groups -OCH3 is 1. The molecule has 1 atom stereocenters. The monoisotopic (exact) mass is 289 g/mol. The number of rotatable bonds is 8. The van der Waals surface area contributed by atoms with Gasteiger partial charge in [-0.25, -0.2) is 0 Å². The molecular formula is C17H23NO3. The molecule has 0 spiro atoms. The molecule has 4 heteroatoms. The first kappa shape index (κ1) is 15.8. The number of para-hydroxylation sites is 1. The molecule has 2 N–H and O–H groups in total. The first-order valence-corrected chi connectivity index (χ1v) is 7.16. The average Bonchev–Trinajstić information content (AvgIpc) is 2.93. The van der Waals surface area contributed by atoms with Gasteiger partial charge in [-0.05, 0) is 25.0 Å². The van der Waals surface area contributed by atoms with Crippen molar-refractivity contribution in [1.82, 2.24) is 5.32 Å². The van der Waals surface area contributed by atoms with Crippen LogP contribution < -0.4 is 10.1 Å². The zero-order valence-corrected chi connectivity index (χ0v) is 12.6. The summed E-state index contributed by atoms with van der Waals surface area (Å²) in [6, 6.07) is 7.82. The maximum Gasteiger partial charge on any atom is 0.188 e. The molecule has 1 unspecified atom stereocenters. The van der Waals surface area contributed by atoms with Crippen molar-refractivity contribution in [2.45, 2.75) is 26.0 Å². The fourth-order valence-electron chi connectivity index (χ4n) is 2.31. The van der Waals surface area contributed by atoms with E-state index in [9.17, 15) is 5.11 Å². The van der Waals surface area contributed by atoms with Crippen molar-refractivity contribution in [3.8, 4) is 5.75 Å². The molecule has 0 amide bonds. The minimum absolute atomic E-state index is 0.234. The topological polar surface area (TPSA) is 50.7 Å². The van der Waals surface area contributed by atoms with Gasteiger partial charge in [0.05, 0.1) is 6.10 Å². The lowest BCUT2D eigenvalue weighted by atomic mass is 10.1. The third kappa shape index (κ3) is 4.70. The summed E-state index contributed by atoms with van der Waals surface area (Å²) in [6.45, 7) is 3.47. The summed E-state index contributed by atoms with van der Waals surface area (Å²) in [4.78, 5) is 0. The highest BCUT2D eigenvalue weighted by Gasteiger charge is 2.13. The Bertz CT molecular complexity index is 523. The lowest BCUT2D eigenvalue weighted by molar-refractivity contribution is 0.0503. The van der Waals surface area contributed by atoms with Gasteiger partial charge in [0.15, 0.2) is 6.79 Å². The molecule has 1 aliphatic rings. The van der Waals surface area contributed by atoms with Crippen LogP contribution in [0.1, 0.15) is 18.9 Å². The van der Waals surface area contributed by atoms with Crippen molar-refractivity contribution in [3.63, 3.8) is 0 Å². The van der Waals surface area contributed by atoms with Gasteiger partial charge < -0.3 is 19.9 Å². The lowest BCUT2D eigenvalue weighted by Crippen LogP contribution is -2.27. The van der Waals surface area contributed by atoms with Crippen molar-refractivity contribution in [1.29, 1.82) is 0 Å². The summed E-state index contributed by atoms with van der Waals surface area (Å²) >= 11 is 0. The Morgan fingerprint density at radius 3 is 2.86 bits per heavy atom. The first-order valence-electron chi connectivity index (χ1n) is 7.16. The van der Waals surface area contributed by atoms with E-state index in [0.29, 0.717) is 13.1 Å². The third-order valence-corrected chi connectivity index (χ3v) is 3.46. The van der Waals surface area contributed by atoms with Crippen molar-refractivity contribution in [3.05, 3.63) is 53.1 Å². The first-order chi connectivity index (χ1) is 10.2. The molecule has 1 aromatic carbocycles. The Morgan fingerprint density at radius 2 is 2.14 bits per heavy atom. The van der Waals surface area contributed by atoms with E-state index in [-0.39, 0.29) is 6.79 Å². The van der Waals surface area contributed by atoms with Gasteiger partial charge >= 0.3 is 0 Å². The van der Waals surface area contributed by atoms with Crippen LogP contribution in [-0.4, -0.2) is 31.7 Å². The smallest absolute Gasteiger partial charge is 0.188 e. The number of allylic oxidation sites excluding steroid dienone is 3. The minimum Gasteiger partial charge on any atom is -0.467 e. The lowest BCUT2D eigenvalue weighted by Gasteiger charge is -2.15. The minimum atomic E-state index is -0.439. The van der Waals surface area contributed by atoms with Crippen LogP contribution in [0.2, 0.25) is 0 Å². The van der Waals surface area contributed by atoms with Crippen LogP contribution in [0, 0.1) is 0 Å². The number of hydrogen-bond donors (Lipinski definition) is 2. The molecule has 2 rings (SSSR count). The zero-order chi connectivity index (χ0) is 15.1. The van der Waals surface area contributed by atoms with Crippen LogP contribution >= 0.6 is 0 Å². The van der Waals surface area contributed by atoms with Crippen LogP contribution in [-0.2, 0) is 11.3 Å². The van der Waals surface area contributed by atoms with Crippen molar-refractivity contribution in [2.75, 3.05) is 20.4 Å². The summed E-state index contributed by atoms with van der Waals surface area (Å²) in [6.07, 6.45) is 4.60. The number of aliphatic hydroxyl groups excluding tert-OH is 1. The van der Waals surface area contributed by atoms with Crippen LogP contribution in [0.4, 0.5) is 0 Å². The molecule has 0 aliphatic heterocycles. The number of ether oxygens (including phenoxy) is 2. The van der Waals surface area contributed by atoms with E-state index in [1.54, 1.807) is 7.11 Å². The standard InChI is InChI=1S/C17H23NO3/c1-13-7-8-14(9-13)16(19)11-18-10-15-5-3-4-6-17(15)21-12-20-2/h3-7,9,16,18-19H,8,10-12H2,1-2H3. The number of nitrogens with one attached hydrogen (secondary N) is 1. The summed E-state index contributed by atoms with van der Waals surface area (Å²) in [5, 5.41) is 13.4. The van der Waals surface area contributed by atoms with Crippen LogP contribution in [0.5, 0.6) is 5.75 Å². The van der Waals surface area contributed by atoms with Gasteiger partial charge in [-0.15, -0.1) is 0 Å². The van der Waals surface area contributed by atoms with Crippen molar-refractivity contribution >= 4 is 0 Å². The van der Waals surface area contributed by atoms with Gasteiger partial charge in [0.2, 0.25) is 0 Å². The average molecular weight is 289 g/mol. The summed E-state index contributed by atoms with van der Waals surface area (Å²) in [5.41, 5.74) is 3.35. The Hall–Kier alpha value is -1.62. The van der Waals surface area contributed by atoms with E-state index >= 15 is 0 Å². The van der Waals surface area contributed by atoms with E-state index < -0.39 is 6.10 Å². The molecule has 0 bridgehead atoms. The van der Waals surface area contributed by atoms with Gasteiger partial charge in [-0.1, -0.05) is 35.9 Å². The van der Waals surface area contributed by atoms with Crippen LogP contribution in [0.25, 0.3) is 0 Å².